The lowest BCUT2D eigenvalue weighted by Crippen LogP contribution is -2.36. The van der Waals surface area contributed by atoms with E-state index in [9.17, 15) is 22.4 Å². The van der Waals surface area contributed by atoms with Gasteiger partial charge in [-0.05, 0) is 43.2 Å². The van der Waals surface area contributed by atoms with Crippen LogP contribution in [0.25, 0.3) is 0 Å². The van der Waals surface area contributed by atoms with Crippen LogP contribution < -0.4 is 4.74 Å². The molecule has 3 rings (SSSR count). The molecule has 2 aromatic carbocycles. The van der Waals surface area contributed by atoms with Gasteiger partial charge in [0.25, 0.3) is 5.91 Å². The fraction of sp³-hybridized carbons (Fsp3) is 0.316. The minimum atomic E-state index is -4.42. The highest BCUT2D eigenvalue weighted by atomic mass is 19.4. The smallest absolute Gasteiger partial charge is 0.416 e. The predicted molar refractivity (Wildman–Crippen MR) is 86.9 cm³/mol. The van der Waals surface area contributed by atoms with E-state index >= 15 is 0 Å². The molecule has 1 fully saturated rings. The average molecular weight is 367 g/mol. The molecule has 0 aromatic heterocycles. The molecular formula is C19H17F4NO2. The zero-order valence-electron chi connectivity index (χ0n) is 13.8. The normalized spacial score (nSPS) is 14.2. The Hall–Kier alpha value is -2.57. The summed E-state index contributed by atoms with van der Waals surface area (Å²) in [5, 5.41) is 0. The number of ether oxygens (including phenoxy) is 1. The van der Waals surface area contributed by atoms with E-state index in [1.165, 1.54) is 18.2 Å². The summed E-state index contributed by atoms with van der Waals surface area (Å²) in [6.45, 7) is -0.164. The van der Waals surface area contributed by atoms with E-state index < -0.39 is 11.7 Å². The first-order valence-corrected chi connectivity index (χ1v) is 8.17. The van der Waals surface area contributed by atoms with Gasteiger partial charge in [0.1, 0.15) is 11.6 Å². The molecule has 138 valence electrons. The summed E-state index contributed by atoms with van der Waals surface area (Å²) in [6, 6.07) is 10.4. The van der Waals surface area contributed by atoms with Crippen LogP contribution in [0.2, 0.25) is 0 Å². The van der Waals surface area contributed by atoms with E-state index in [-0.39, 0.29) is 36.7 Å². The molecule has 0 N–H and O–H groups in total. The van der Waals surface area contributed by atoms with Crippen LogP contribution in [0.5, 0.6) is 5.75 Å². The first-order chi connectivity index (χ1) is 12.3. The third kappa shape index (κ3) is 4.53. The van der Waals surface area contributed by atoms with Crippen molar-refractivity contribution in [3.05, 3.63) is 65.5 Å². The van der Waals surface area contributed by atoms with Crippen LogP contribution in [0.3, 0.4) is 0 Å². The molecule has 0 saturated heterocycles. The van der Waals surface area contributed by atoms with Gasteiger partial charge in [-0.15, -0.1) is 0 Å². The molecular weight excluding hydrogens is 350 g/mol. The van der Waals surface area contributed by atoms with Crippen LogP contribution in [0.15, 0.2) is 48.5 Å². The average Bonchev–Trinajstić information content (AvgIpc) is 3.43. The fourth-order valence-electron chi connectivity index (χ4n) is 2.59. The molecule has 0 radical (unpaired) electrons. The molecule has 1 amide bonds. The van der Waals surface area contributed by atoms with Crippen LogP contribution >= 0.6 is 0 Å². The van der Waals surface area contributed by atoms with Crippen molar-refractivity contribution in [1.29, 1.82) is 0 Å². The van der Waals surface area contributed by atoms with Gasteiger partial charge in [-0.3, -0.25) is 4.79 Å². The Morgan fingerprint density at radius 2 is 1.73 bits per heavy atom. The van der Waals surface area contributed by atoms with Gasteiger partial charge in [0.05, 0.1) is 5.56 Å². The third-order valence-corrected chi connectivity index (χ3v) is 4.15. The molecule has 0 unspecified atom stereocenters. The fourth-order valence-corrected chi connectivity index (χ4v) is 2.59. The minimum Gasteiger partial charge on any atom is -0.484 e. The topological polar surface area (TPSA) is 29.5 Å². The summed E-state index contributed by atoms with van der Waals surface area (Å²) in [7, 11) is 0. The first-order valence-electron chi connectivity index (χ1n) is 8.17. The van der Waals surface area contributed by atoms with E-state index in [0.29, 0.717) is 5.56 Å². The maximum atomic E-state index is 13.8. The zero-order chi connectivity index (χ0) is 18.7. The minimum absolute atomic E-state index is 0.0540. The first kappa shape index (κ1) is 18.2. The molecule has 26 heavy (non-hydrogen) atoms. The number of carbonyl (C=O) groups is 1. The van der Waals surface area contributed by atoms with Crippen molar-refractivity contribution < 1.29 is 27.1 Å². The second-order valence-corrected chi connectivity index (χ2v) is 6.16. The Labute approximate surface area is 148 Å². The summed E-state index contributed by atoms with van der Waals surface area (Å²) >= 11 is 0. The molecule has 7 heteroatoms. The Kier molecular flexibility index (Phi) is 5.15. The van der Waals surface area contributed by atoms with E-state index in [1.54, 1.807) is 23.1 Å². The predicted octanol–water partition coefficient (Wildman–Crippen LogP) is 4.41. The molecule has 0 aliphatic heterocycles. The Morgan fingerprint density at radius 1 is 1.08 bits per heavy atom. The van der Waals surface area contributed by atoms with Crippen molar-refractivity contribution in [2.45, 2.75) is 31.6 Å². The number of amides is 1. The van der Waals surface area contributed by atoms with Crippen molar-refractivity contribution in [2.75, 3.05) is 6.61 Å². The largest absolute Gasteiger partial charge is 0.484 e. The summed E-state index contributed by atoms with van der Waals surface area (Å²) in [6.07, 6.45) is -2.72. The Morgan fingerprint density at radius 3 is 2.31 bits per heavy atom. The number of nitrogens with zero attached hydrogens (tertiary/aromatic N) is 1. The van der Waals surface area contributed by atoms with Crippen molar-refractivity contribution in [3.63, 3.8) is 0 Å². The maximum absolute atomic E-state index is 13.8. The van der Waals surface area contributed by atoms with Crippen molar-refractivity contribution in [1.82, 2.24) is 4.90 Å². The van der Waals surface area contributed by atoms with Crippen molar-refractivity contribution in [2.24, 2.45) is 0 Å². The molecule has 0 heterocycles. The van der Waals surface area contributed by atoms with Crippen molar-refractivity contribution in [3.8, 4) is 5.75 Å². The molecule has 2 aromatic rings. The van der Waals surface area contributed by atoms with Crippen LogP contribution in [0, 0.1) is 5.82 Å². The van der Waals surface area contributed by atoms with E-state index in [4.69, 9.17) is 4.74 Å². The highest BCUT2D eigenvalue weighted by Gasteiger charge is 2.33. The standard InChI is InChI=1S/C19H17F4NO2/c20-17-4-2-1-3-13(17)11-24(15-7-8-15)18(25)12-26-16-9-5-14(6-10-16)19(21,22)23/h1-6,9-10,15H,7-8,11-12H2. The van der Waals surface area contributed by atoms with Crippen LogP contribution in [-0.4, -0.2) is 23.5 Å². The Bertz CT molecular complexity index is 770. The van der Waals surface area contributed by atoms with Gasteiger partial charge >= 0.3 is 6.18 Å². The highest BCUT2D eigenvalue weighted by Crippen LogP contribution is 2.31. The second-order valence-electron chi connectivity index (χ2n) is 6.16. The molecule has 1 saturated carbocycles. The number of hydrogen-bond acceptors (Lipinski definition) is 2. The third-order valence-electron chi connectivity index (χ3n) is 4.15. The molecule has 1 aliphatic rings. The summed E-state index contributed by atoms with van der Waals surface area (Å²) in [5.74, 6) is -0.529. The quantitative estimate of drug-likeness (QED) is 0.708. The lowest BCUT2D eigenvalue weighted by Gasteiger charge is -2.23. The van der Waals surface area contributed by atoms with Gasteiger partial charge in [0.15, 0.2) is 6.61 Å². The summed E-state index contributed by atoms with van der Waals surface area (Å²) in [5.41, 5.74) is -0.363. The Balaban J connectivity index is 1.61. The van der Waals surface area contributed by atoms with Crippen molar-refractivity contribution >= 4 is 5.91 Å². The molecule has 1 aliphatic carbocycles. The van der Waals surface area contributed by atoms with E-state index in [2.05, 4.69) is 0 Å². The van der Waals surface area contributed by atoms with Gasteiger partial charge in [0, 0.05) is 18.2 Å². The molecule has 0 spiro atoms. The SMILES string of the molecule is O=C(COc1ccc(C(F)(F)F)cc1)N(Cc1ccccc1F)C1CC1. The number of alkyl halides is 3. The number of benzene rings is 2. The second kappa shape index (κ2) is 7.35. The summed E-state index contributed by atoms with van der Waals surface area (Å²) in [4.78, 5) is 14.0. The lowest BCUT2D eigenvalue weighted by atomic mass is 10.2. The number of rotatable bonds is 6. The van der Waals surface area contributed by atoms with Crippen LogP contribution in [-0.2, 0) is 17.5 Å². The highest BCUT2D eigenvalue weighted by molar-refractivity contribution is 5.78. The molecule has 3 nitrogen and oxygen atoms in total. The number of hydrogen-bond donors (Lipinski definition) is 0. The van der Waals surface area contributed by atoms with E-state index in [0.717, 1.165) is 25.0 Å². The summed E-state index contributed by atoms with van der Waals surface area (Å²) < 4.78 is 56.8. The number of carbonyl (C=O) groups excluding carboxylic acids is 1. The van der Waals surface area contributed by atoms with Gasteiger partial charge in [-0.2, -0.15) is 13.2 Å². The van der Waals surface area contributed by atoms with Gasteiger partial charge in [-0.25, -0.2) is 4.39 Å². The van der Waals surface area contributed by atoms with Crippen LogP contribution in [0.1, 0.15) is 24.0 Å². The lowest BCUT2D eigenvalue weighted by molar-refractivity contribution is -0.138. The monoisotopic (exact) mass is 367 g/mol. The van der Waals surface area contributed by atoms with Crippen LogP contribution in [0.4, 0.5) is 17.6 Å². The maximum Gasteiger partial charge on any atom is 0.416 e. The van der Waals surface area contributed by atoms with E-state index in [1.807, 2.05) is 0 Å². The van der Waals surface area contributed by atoms with Gasteiger partial charge in [-0.1, -0.05) is 18.2 Å². The number of halogens is 4. The van der Waals surface area contributed by atoms with Gasteiger partial charge in [0.2, 0.25) is 0 Å². The zero-order valence-corrected chi connectivity index (χ0v) is 13.8. The molecule has 0 bridgehead atoms. The molecule has 0 atom stereocenters. The van der Waals surface area contributed by atoms with Gasteiger partial charge < -0.3 is 9.64 Å².